The van der Waals surface area contributed by atoms with Gasteiger partial charge in [0, 0.05) is 17.6 Å². The minimum absolute atomic E-state index is 0.109. The van der Waals surface area contributed by atoms with Crippen LogP contribution < -0.4 is 10.1 Å². The lowest BCUT2D eigenvalue weighted by atomic mass is 10.1. The van der Waals surface area contributed by atoms with E-state index in [1.54, 1.807) is 49.4 Å². The van der Waals surface area contributed by atoms with Crippen molar-refractivity contribution in [3.8, 4) is 5.75 Å². The number of amides is 1. The van der Waals surface area contributed by atoms with E-state index in [0.717, 1.165) is 5.56 Å². The van der Waals surface area contributed by atoms with Gasteiger partial charge in [-0.25, -0.2) is 0 Å². The normalized spacial score (nSPS) is 10.5. The number of aromatic nitrogens is 2. The predicted octanol–water partition coefficient (Wildman–Crippen LogP) is 4.17. The first-order chi connectivity index (χ1) is 12.0. The summed E-state index contributed by atoms with van der Waals surface area (Å²) in [4.78, 5) is 16.7. The topological polar surface area (TPSA) is 77.2 Å². The van der Waals surface area contributed by atoms with Gasteiger partial charge in [-0.2, -0.15) is 4.98 Å². The van der Waals surface area contributed by atoms with Crippen LogP contribution in [0.15, 0.2) is 47.0 Å². The fourth-order valence-corrected chi connectivity index (χ4v) is 2.43. The number of nitrogens with zero attached hydrogens (tertiary/aromatic N) is 2. The van der Waals surface area contributed by atoms with Gasteiger partial charge >= 0.3 is 0 Å². The van der Waals surface area contributed by atoms with E-state index in [0.29, 0.717) is 33.7 Å². The molecule has 0 spiro atoms. The molecule has 128 valence electrons. The highest BCUT2D eigenvalue weighted by molar-refractivity contribution is 6.31. The summed E-state index contributed by atoms with van der Waals surface area (Å²) in [5, 5.41) is 7.22. The zero-order chi connectivity index (χ0) is 17.8. The number of anilines is 1. The molecule has 7 heteroatoms. The molecular weight excluding hydrogens is 342 g/mol. The Morgan fingerprint density at radius 2 is 2.00 bits per heavy atom. The van der Waals surface area contributed by atoms with Crippen LogP contribution in [0.25, 0.3) is 0 Å². The molecule has 2 aromatic carbocycles. The largest absolute Gasteiger partial charge is 0.485 e. The Morgan fingerprint density at radius 3 is 2.76 bits per heavy atom. The van der Waals surface area contributed by atoms with Crippen molar-refractivity contribution in [3.63, 3.8) is 0 Å². The van der Waals surface area contributed by atoms with Gasteiger partial charge in [-0.3, -0.25) is 4.79 Å². The number of aryl methyl sites for hydroxylation is 1. The zero-order valence-corrected chi connectivity index (χ0v) is 14.5. The predicted molar refractivity (Wildman–Crippen MR) is 94.0 cm³/mol. The SMILES string of the molecule is Cc1nc(COc2ccccc2C(=O)Nc2cccc(Cl)c2C)no1. The molecule has 1 heterocycles. The highest BCUT2D eigenvalue weighted by Crippen LogP contribution is 2.25. The van der Waals surface area contributed by atoms with Gasteiger partial charge in [-0.1, -0.05) is 35.0 Å². The molecule has 1 amide bonds. The lowest BCUT2D eigenvalue weighted by Gasteiger charge is -2.12. The maximum absolute atomic E-state index is 12.6. The monoisotopic (exact) mass is 357 g/mol. The van der Waals surface area contributed by atoms with Crippen molar-refractivity contribution in [2.24, 2.45) is 0 Å². The molecule has 0 aliphatic heterocycles. The van der Waals surface area contributed by atoms with Crippen LogP contribution >= 0.6 is 11.6 Å². The van der Waals surface area contributed by atoms with Crippen LogP contribution in [0.1, 0.15) is 27.6 Å². The molecule has 0 unspecified atom stereocenters. The highest BCUT2D eigenvalue weighted by Gasteiger charge is 2.15. The van der Waals surface area contributed by atoms with Gasteiger partial charge < -0.3 is 14.6 Å². The molecule has 0 aliphatic carbocycles. The van der Waals surface area contributed by atoms with Crippen LogP contribution in [-0.4, -0.2) is 16.0 Å². The van der Waals surface area contributed by atoms with Gasteiger partial charge in [0.05, 0.1) is 5.56 Å². The van der Waals surface area contributed by atoms with Crippen molar-refractivity contribution >= 4 is 23.2 Å². The number of hydrogen-bond donors (Lipinski definition) is 1. The minimum Gasteiger partial charge on any atom is -0.485 e. The van der Waals surface area contributed by atoms with Crippen molar-refractivity contribution in [1.29, 1.82) is 0 Å². The molecule has 3 aromatic rings. The van der Waals surface area contributed by atoms with Gasteiger partial charge in [-0.15, -0.1) is 0 Å². The Kier molecular flexibility index (Phi) is 5.00. The van der Waals surface area contributed by atoms with E-state index in [1.807, 2.05) is 6.92 Å². The fourth-order valence-electron chi connectivity index (χ4n) is 2.25. The maximum atomic E-state index is 12.6. The summed E-state index contributed by atoms with van der Waals surface area (Å²) in [6, 6.07) is 12.3. The Bertz CT molecular complexity index is 908. The molecule has 0 bridgehead atoms. The lowest BCUT2D eigenvalue weighted by Crippen LogP contribution is -2.14. The molecule has 1 aromatic heterocycles. The van der Waals surface area contributed by atoms with Crippen molar-refractivity contribution in [2.45, 2.75) is 20.5 Å². The molecule has 0 saturated heterocycles. The zero-order valence-electron chi connectivity index (χ0n) is 13.7. The van der Waals surface area contributed by atoms with Crippen LogP contribution in [0.5, 0.6) is 5.75 Å². The molecule has 0 aliphatic rings. The molecule has 1 N–H and O–H groups in total. The smallest absolute Gasteiger partial charge is 0.259 e. The highest BCUT2D eigenvalue weighted by atomic mass is 35.5. The molecule has 0 saturated carbocycles. The van der Waals surface area contributed by atoms with Gasteiger partial charge in [0.25, 0.3) is 5.91 Å². The third-order valence-electron chi connectivity index (χ3n) is 3.57. The summed E-state index contributed by atoms with van der Waals surface area (Å²) in [5.74, 6) is 1.02. The van der Waals surface area contributed by atoms with Crippen molar-refractivity contribution in [3.05, 3.63) is 70.3 Å². The van der Waals surface area contributed by atoms with Crippen LogP contribution in [0.2, 0.25) is 5.02 Å². The second-order valence-electron chi connectivity index (χ2n) is 5.38. The van der Waals surface area contributed by atoms with Gasteiger partial charge in [-0.05, 0) is 36.8 Å². The summed E-state index contributed by atoms with van der Waals surface area (Å²) in [7, 11) is 0. The Hall–Kier alpha value is -2.86. The standard InChI is InChI=1S/C18H16ClN3O3/c1-11-14(19)7-5-8-15(11)21-18(23)13-6-3-4-9-16(13)24-10-17-20-12(2)25-22-17/h3-9H,10H2,1-2H3,(H,21,23). The Labute approximate surface area is 149 Å². The lowest BCUT2D eigenvalue weighted by molar-refractivity contribution is 0.102. The fraction of sp³-hybridized carbons (Fsp3) is 0.167. The van der Waals surface area contributed by atoms with Crippen molar-refractivity contribution in [1.82, 2.24) is 10.1 Å². The van der Waals surface area contributed by atoms with Crippen LogP contribution in [0, 0.1) is 13.8 Å². The maximum Gasteiger partial charge on any atom is 0.259 e. The number of halogens is 1. The van der Waals surface area contributed by atoms with Gasteiger partial charge in [0.2, 0.25) is 11.7 Å². The van der Waals surface area contributed by atoms with Crippen molar-refractivity contribution < 1.29 is 14.1 Å². The second kappa shape index (κ2) is 7.36. The third kappa shape index (κ3) is 3.97. The summed E-state index contributed by atoms with van der Waals surface area (Å²) in [5.41, 5.74) is 1.86. The number of carbonyl (C=O) groups excluding carboxylic acids is 1. The van der Waals surface area contributed by atoms with Crippen LogP contribution in [-0.2, 0) is 6.61 Å². The van der Waals surface area contributed by atoms with E-state index in [9.17, 15) is 4.79 Å². The van der Waals surface area contributed by atoms with E-state index in [1.165, 1.54) is 0 Å². The molecule has 0 fully saturated rings. The van der Waals surface area contributed by atoms with Crippen LogP contribution in [0.4, 0.5) is 5.69 Å². The molecule has 6 nitrogen and oxygen atoms in total. The summed E-state index contributed by atoms with van der Waals surface area (Å²) in [6.07, 6.45) is 0. The van der Waals surface area contributed by atoms with E-state index in [4.69, 9.17) is 20.9 Å². The first kappa shape index (κ1) is 17.0. The quantitative estimate of drug-likeness (QED) is 0.741. The molecular formula is C18H16ClN3O3. The van der Waals surface area contributed by atoms with Gasteiger partial charge in [0.15, 0.2) is 6.61 Å². The van der Waals surface area contributed by atoms with E-state index in [-0.39, 0.29) is 12.5 Å². The van der Waals surface area contributed by atoms with E-state index >= 15 is 0 Å². The number of carbonyl (C=O) groups is 1. The Morgan fingerprint density at radius 1 is 1.20 bits per heavy atom. The average molecular weight is 358 g/mol. The summed E-state index contributed by atoms with van der Waals surface area (Å²) >= 11 is 6.10. The molecule has 0 radical (unpaired) electrons. The van der Waals surface area contributed by atoms with Crippen molar-refractivity contribution in [2.75, 3.05) is 5.32 Å². The summed E-state index contributed by atoms with van der Waals surface area (Å²) in [6.45, 7) is 3.65. The Balaban J connectivity index is 1.77. The number of rotatable bonds is 5. The average Bonchev–Trinajstić information content (AvgIpc) is 3.03. The summed E-state index contributed by atoms with van der Waals surface area (Å²) < 4.78 is 10.6. The third-order valence-corrected chi connectivity index (χ3v) is 3.98. The second-order valence-corrected chi connectivity index (χ2v) is 5.79. The number of hydrogen-bond acceptors (Lipinski definition) is 5. The number of para-hydroxylation sites is 1. The van der Waals surface area contributed by atoms with E-state index < -0.39 is 0 Å². The number of ether oxygens (including phenoxy) is 1. The van der Waals surface area contributed by atoms with Crippen LogP contribution in [0.3, 0.4) is 0 Å². The number of benzene rings is 2. The minimum atomic E-state index is -0.287. The first-order valence-corrected chi connectivity index (χ1v) is 8.00. The molecule has 3 rings (SSSR count). The van der Waals surface area contributed by atoms with E-state index in [2.05, 4.69) is 15.5 Å². The molecule has 25 heavy (non-hydrogen) atoms. The molecule has 0 atom stereocenters. The number of nitrogens with one attached hydrogen (secondary N) is 1. The van der Waals surface area contributed by atoms with Gasteiger partial charge in [0.1, 0.15) is 5.75 Å². The first-order valence-electron chi connectivity index (χ1n) is 7.62.